The summed E-state index contributed by atoms with van der Waals surface area (Å²) in [5.74, 6) is 5.44. The number of thioether (sulfide) groups is 3. The minimum atomic E-state index is 1.06. The SMILES string of the molecule is C(CCC(CCCCCC1CS1)CCCCCC1CS1)CCC1CS1. The maximum Gasteiger partial charge on any atom is 0.0138 e. The van der Waals surface area contributed by atoms with Crippen LogP contribution in [-0.2, 0) is 0 Å². The zero-order chi connectivity index (χ0) is 17.2. The molecule has 25 heavy (non-hydrogen) atoms. The fraction of sp³-hybridized carbons (Fsp3) is 1.00. The predicted molar refractivity (Wildman–Crippen MR) is 121 cm³/mol. The van der Waals surface area contributed by atoms with Gasteiger partial charge in [-0.15, -0.1) is 0 Å². The van der Waals surface area contributed by atoms with Crippen molar-refractivity contribution in [3.8, 4) is 0 Å². The Kier molecular flexibility index (Phi) is 10.4. The molecule has 0 aliphatic carbocycles. The van der Waals surface area contributed by atoms with Crippen molar-refractivity contribution in [2.45, 2.75) is 112 Å². The zero-order valence-electron chi connectivity index (χ0n) is 16.3. The first-order valence-corrected chi connectivity index (χ1v) is 14.4. The molecule has 3 saturated heterocycles. The summed E-state index contributed by atoms with van der Waals surface area (Å²) in [6.07, 6.45) is 22.7. The molecule has 0 saturated carbocycles. The van der Waals surface area contributed by atoms with Gasteiger partial charge in [-0.3, -0.25) is 0 Å². The molecule has 3 aliphatic heterocycles. The highest BCUT2D eigenvalue weighted by Gasteiger charge is 2.22. The van der Waals surface area contributed by atoms with Gasteiger partial charge in [0.25, 0.3) is 0 Å². The highest BCUT2D eigenvalue weighted by Crippen LogP contribution is 2.36. The van der Waals surface area contributed by atoms with Crippen molar-refractivity contribution in [1.82, 2.24) is 0 Å². The van der Waals surface area contributed by atoms with Gasteiger partial charge in [0, 0.05) is 33.0 Å². The molecule has 0 amide bonds. The van der Waals surface area contributed by atoms with E-state index in [9.17, 15) is 0 Å². The van der Waals surface area contributed by atoms with Crippen molar-refractivity contribution in [2.75, 3.05) is 17.3 Å². The molecule has 0 aromatic rings. The van der Waals surface area contributed by atoms with Gasteiger partial charge in [-0.1, -0.05) is 77.0 Å². The van der Waals surface area contributed by atoms with E-state index in [0.717, 1.165) is 21.7 Å². The van der Waals surface area contributed by atoms with Crippen LogP contribution in [0.3, 0.4) is 0 Å². The molecule has 3 atom stereocenters. The second kappa shape index (κ2) is 12.5. The Morgan fingerprint density at radius 3 is 1.08 bits per heavy atom. The van der Waals surface area contributed by atoms with Crippen LogP contribution in [0.1, 0.15) is 96.3 Å². The average Bonchev–Trinajstić information content (AvgIpc) is 3.47. The number of hydrogen-bond donors (Lipinski definition) is 0. The Morgan fingerprint density at radius 1 is 0.480 bits per heavy atom. The van der Waals surface area contributed by atoms with E-state index in [1.54, 1.807) is 0 Å². The van der Waals surface area contributed by atoms with Crippen molar-refractivity contribution in [3.05, 3.63) is 0 Å². The molecule has 0 N–H and O–H groups in total. The van der Waals surface area contributed by atoms with Gasteiger partial charge in [0.2, 0.25) is 0 Å². The Hall–Kier alpha value is 1.05. The van der Waals surface area contributed by atoms with Gasteiger partial charge in [0.1, 0.15) is 0 Å². The first-order chi connectivity index (χ1) is 12.4. The molecule has 0 radical (unpaired) electrons. The summed E-state index contributed by atoms with van der Waals surface area (Å²) in [7, 11) is 0. The standard InChI is InChI=1S/C22H40S3/c1(7-13-20-16-23-20)4-10-19(11-5-2-8-14-21-17-24-21)12-6-3-9-15-22-18-25-22/h19-22H,1-18H2. The third-order valence-electron chi connectivity index (χ3n) is 6.12. The second-order valence-corrected chi connectivity index (χ2v) is 12.6. The third kappa shape index (κ3) is 11.5. The van der Waals surface area contributed by atoms with Crippen molar-refractivity contribution in [3.63, 3.8) is 0 Å². The summed E-state index contributed by atoms with van der Waals surface area (Å²) < 4.78 is 0. The largest absolute Gasteiger partial charge is 0.157 e. The monoisotopic (exact) mass is 400 g/mol. The normalized spacial score (nSPS) is 28.1. The fourth-order valence-corrected chi connectivity index (χ4v) is 5.99. The lowest BCUT2D eigenvalue weighted by molar-refractivity contribution is 0.367. The lowest BCUT2D eigenvalue weighted by Gasteiger charge is -2.17. The second-order valence-electron chi connectivity index (χ2n) is 8.65. The summed E-state index contributed by atoms with van der Waals surface area (Å²) in [5.41, 5.74) is 0. The van der Waals surface area contributed by atoms with E-state index < -0.39 is 0 Å². The topological polar surface area (TPSA) is 0 Å². The van der Waals surface area contributed by atoms with Gasteiger partial charge >= 0.3 is 0 Å². The van der Waals surface area contributed by atoms with E-state index in [-0.39, 0.29) is 0 Å². The Labute approximate surface area is 170 Å². The molecule has 0 aromatic heterocycles. The van der Waals surface area contributed by atoms with Crippen molar-refractivity contribution in [1.29, 1.82) is 0 Å². The number of hydrogen-bond acceptors (Lipinski definition) is 3. The van der Waals surface area contributed by atoms with Crippen LogP contribution in [0, 0.1) is 5.92 Å². The summed E-state index contributed by atoms with van der Waals surface area (Å²) >= 11 is 6.52. The molecule has 3 fully saturated rings. The van der Waals surface area contributed by atoms with Gasteiger partial charge in [-0.25, -0.2) is 0 Å². The van der Waals surface area contributed by atoms with Gasteiger partial charge in [-0.05, 0) is 25.2 Å². The highest BCUT2D eigenvalue weighted by molar-refractivity contribution is 8.07. The van der Waals surface area contributed by atoms with Crippen LogP contribution in [0.5, 0.6) is 0 Å². The summed E-state index contributed by atoms with van der Waals surface area (Å²) in [4.78, 5) is 0. The molecule has 0 nitrogen and oxygen atoms in total. The molecular formula is C22H40S3. The van der Waals surface area contributed by atoms with Crippen LogP contribution in [0.25, 0.3) is 0 Å². The van der Waals surface area contributed by atoms with E-state index in [1.165, 1.54) is 114 Å². The average molecular weight is 401 g/mol. The van der Waals surface area contributed by atoms with Crippen molar-refractivity contribution < 1.29 is 0 Å². The van der Waals surface area contributed by atoms with Crippen LogP contribution in [-0.4, -0.2) is 33.0 Å². The van der Waals surface area contributed by atoms with Crippen LogP contribution < -0.4 is 0 Å². The lowest BCUT2D eigenvalue weighted by atomic mass is 9.89. The molecule has 3 aliphatic rings. The van der Waals surface area contributed by atoms with E-state index in [1.807, 2.05) is 0 Å². The fourth-order valence-electron chi connectivity index (χ4n) is 4.08. The zero-order valence-corrected chi connectivity index (χ0v) is 18.7. The molecule has 0 spiro atoms. The van der Waals surface area contributed by atoms with E-state index in [2.05, 4.69) is 35.3 Å². The number of rotatable bonds is 18. The van der Waals surface area contributed by atoms with Gasteiger partial charge < -0.3 is 0 Å². The Balaban J connectivity index is 1.19. The lowest BCUT2D eigenvalue weighted by Crippen LogP contribution is -2.02. The Morgan fingerprint density at radius 2 is 0.800 bits per heavy atom. The minimum Gasteiger partial charge on any atom is -0.157 e. The molecule has 146 valence electrons. The van der Waals surface area contributed by atoms with E-state index >= 15 is 0 Å². The molecule has 3 heterocycles. The van der Waals surface area contributed by atoms with Gasteiger partial charge in [0.15, 0.2) is 0 Å². The van der Waals surface area contributed by atoms with Crippen LogP contribution in [0.4, 0.5) is 0 Å². The predicted octanol–water partition coefficient (Wildman–Crippen LogP) is 7.80. The molecule has 0 aromatic carbocycles. The van der Waals surface area contributed by atoms with Crippen molar-refractivity contribution >= 4 is 35.3 Å². The van der Waals surface area contributed by atoms with E-state index in [0.29, 0.717) is 0 Å². The summed E-state index contributed by atoms with van der Waals surface area (Å²) in [5, 5.41) is 3.18. The van der Waals surface area contributed by atoms with Crippen LogP contribution in [0.2, 0.25) is 0 Å². The van der Waals surface area contributed by atoms with Crippen molar-refractivity contribution in [2.24, 2.45) is 5.92 Å². The highest BCUT2D eigenvalue weighted by atomic mass is 32.2. The van der Waals surface area contributed by atoms with Gasteiger partial charge in [0.05, 0.1) is 0 Å². The molecule has 0 bridgehead atoms. The maximum absolute atomic E-state index is 2.17. The summed E-state index contributed by atoms with van der Waals surface area (Å²) in [6, 6.07) is 0. The third-order valence-corrected chi connectivity index (χ3v) is 9.24. The molecular weight excluding hydrogens is 360 g/mol. The first kappa shape index (κ1) is 20.8. The van der Waals surface area contributed by atoms with Crippen LogP contribution in [0.15, 0.2) is 0 Å². The van der Waals surface area contributed by atoms with Crippen LogP contribution >= 0.6 is 35.3 Å². The molecule has 3 unspecified atom stereocenters. The van der Waals surface area contributed by atoms with E-state index in [4.69, 9.17) is 0 Å². The smallest absolute Gasteiger partial charge is 0.0138 e. The molecule has 3 rings (SSSR count). The Bertz CT molecular complexity index is 282. The maximum atomic E-state index is 2.17. The first-order valence-electron chi connectivity index (χ1n) is 11.2. The number of unbranched alkanes of at least 4 members (excludes halogenated alkanes) is 6. The summed E-state index contributed by atoms with van der Waals surface area (Å²) in [6.45, 7) is 0. The van der Waals surface area contributed by atoms with Gasteiger partial charge in [-0.2, -0.15) is 35.3 Å². The minimum absolute atomic E-state index is 1.06. The molecule has 3 heteroatoms. The quantitative estimate of drug-likeness (QED) is 0.170.